The minimum absolute atomic E-state index is 0.0229. The zero-order valence-electron chi connectivity index (χ0n) is 10.6. The molecule has 96 valence electrons. The summed E-state index contributed by atoms with van der Waals surface area (Å²) in [4.78, 5) is 26.8. The number of carbonyl (C=O) groups is 2. The summed E-state index contributed by atoms with van der Waals surface area (Å²) in [5.74, 6) is -0.186. The van der Waals surface area contributed by atoms with Crippen molar-refractivity contribution in [3.63, 3.8) is 0 Å². The lowest BCUT2D eigenvalue weighted by Crippen LogP contribution is -2.36. The molecule has 18 heavy (non-hydrogen) atoms. The van der Waals surface area contributed by atoms with Crippen LogP contribution in [0.15, 0.2) is 24.3 Å². The molecule has 3 amide bonds. The summed E-state index contributed by atoms with van der Waals surface area (Å²) >= 11 is 0. The number of hydrogen-bond donors (Lipinski definition) is 1. The van der Waals surface area contributed by atoms with Crippen LogP contribution in [0.1, 0.15) is 19.4 Å². The maximum absolute atomic E-state index is 12.1. The predicted octanol–water partition coefficient (Wildman–Crippen LogP) is 1.32. The van der Waals surface area contributed by atoms with Crippen molar-refractivity contribution in [2.24, 2.45) is 5.73 Å². The maximum atomic E-state index is 12.1. The second-order valence-corrected chi connectivity index (χ2v) is 4.60. The monoisotopic (exact) mass is 247 g/mol. The van der Waals surface area contributed by atoms with Crippen LogP contribution in [0.5, 0.6) is 0 Å². The van der Waals surface area contributed by atoms with Crippen molar-refractivity contribution in [3.8, 4) is 0 Å². The Kier molecular flexibility index (Phi) is 3.34. The van der Waals surface area contributed by atoms with Gasteiger partial charge in [0.25, 0.3) is 5.91 Å². The number of amides is 3. The molecule has 5 heteroatoms. The Balaban J connectivity index is 2.27. The Bertz CT molecular complexity index is 468. The van der Waals surface area contributed by atoms with Gasteiger partial charge in [-0.25, -0.2) is 9.69 Å². The molecule has 2 N–H and O–H groups in total. The van der Waals surface area contributed by atoms with E-state index in [2.05, 4.69) is 0 Å². The van der Waals surface area contributed by atoms with E-state index in [-0.39, 0.29) is 24.5 Å². The number of hydrogen-bond acceptors (Lipinski definition) is 3. The third kappa shape index (κ3) is 2.09. The molecule has 1 aliphatic heterocycles. The van der Waals surface area contributed by atoms with Crippen molar-refractivity contribution < 1.29 is 9.59 Å². The number of anilines is 1. The summed E-state index contributed by atoms with van der Waals surface area (Å²) in [5.41, 5.74) is 7.09. The van der Waals surface area contributed by atoms with Gasteiger partial charge >= 0.3 is 6.03 Å². The van der Waals surface area contributed by atoms with Crippen LogP contribution in [-0.2, 0) is 11.3 Å². The van der Waals surface area contributed by atoms with E-state index in [1.165, 1.54) is 4.90 Å². The average molecular weight is 247 g/mol. The van der Waals surface area contributed by atoms with Crippen LogP contribution in [0.4, 0.5) is 10.5 Å². The number of urea groups is 1. The van der Waals surface area contributed by atoms with Crippen LogP contribution in [0.3, 0.4) is 0 Å². The number of carbonyl (C=O) groups excluding carboxylic acids is 2. The fourth-order valence-electron chi connectivity index (χ4n) is 1.96. The van der Waals surface area contributed by atoms with E-state index < -0.39 is 0 Å². The van der Waals surface area contributed by atoms with Crippen molar-refractivity contribution in [1.82, 2.24) is 4.90 Å². The molecule has 1 heterocycles. The van der Waals surface area contributed by atoms with Crippen LogP contribution < -0.4 is 10.6 Å². The number of imide groups is 1. The molecule has 1 aliphatic rings. The SMILES string of the molecule is CC(C)N1CC(=O)N(c2ccc(CN)cc2)C1=O. The van der Waals surface area contributed by atoms with Gasteiger partial charge in [-0.2, -0.15) is 0 Å². The molecular formula is C13H17N3O2. The van der Waals surface area contributed by atoms with E-state index in [9.17, 15) is 9.59 Å². The third-order valence-corrected chi connectivity index (χ3v) is 3.05. The zero-order chi connectivity index (χ0) is 13.3. The first-order chi connectivity index (χ1) is 8.54. The summed E-state index contributed by atoms with van der Waals surface area (Å²) in [6, 6.07) is 6.93. The molecule has 0 radical (unpaired) electrons. The molecule has 1 aromatic rings. The van der Waals surface area contributed by atoms with Crippen molar-refractivity contribution >= 4 is 17.6 Å². The Morgan fingerprint density at radius 1 is 1.22 bits per heavy atom. The summed E-state index contributed by atoms with van der Waals surface area (Å²) < 4.78 is 0. The highest BCUT2D eigenvalue weighted by atomic mass is 16.2. The fraction of sp³-hybridized carbons (Fsp3) is 0.385. The van der Waals surface area contributed by atoms with Crippen LogP contribution in [0, 0.1) is 0 Å². The standard InChI is InChI=1S/C13H17N3O2/c1-9(2)15-8-12(17)16(13(15)18)11-5-3-10(7-14)4-6-11/h3-6,9H,7-8,14H2,1-2H3. The van der Waals surface area contributed by atoms with E-state index in [0.717, 1.165) is 5.56 Å². The van der Waals surface area contributed by atoms with Gasteiger partial charge in [-0.3, -0.25) is 4.79 Å². The van der Waals surface area contributed by atoms with Gasteiger partial charge in [-0.1, -0.05) is 12.1 Å². The highest BCUT2D eigenvalue weighted by Gasteiger charge is 2.38. The van der Waals surface area contributed by atoms with Crippen molar-refractivity contribution in [2.75, 3.05) is 11.4 Å². The van der Waals surface area contributed by atoms with E-state index >= 15 is 0 Å². The van der Waals surface area contributed by atoms with Crippen LogP contribution in [0.2, 0.25) is 0 Å². The molecule has 0 aliphatic carbocycles. The zero-order valence-corrected chi connectivity index (χ0v) is 10.6. The Hall–Kier alpha value is -1.88. The Labute approximate surface area is 106 Å². The molecular weight excluding hydrogens is 230 g/mol. The minimum Gasteiger partial charge on any atom is -0.326 e. The van der Waals surface area contributed by atoms with Gasteiger partial charge in [-0.15, -0.1) is 0 Å². The summed E-state index contributed by atoms with van der Waals surface area (Å²) in [6.45, 7) is 4.38. The molecule has 0 saturated carbocycles. The van der Waals surface area contributed by atoms with Crippen molar-refractivity contribution in [2.45, 2.75) is 26.4 Å². The van der Waals surface area contributed by atoms with Gasteiger partial charge in [0.15, 0.2) is 0 Å². The van der Waals surface area contributed by atoms with Gasteiger partial charge < -0.3 is 10.6 Å². The number of rotatable bonds is 3. The van der Waals surface area contributed by atoms with Gasteiger partial charge in [0.05, 0.1) is 5.69 Å². The minimum atomic E-state index is -0.254. The Morgan fingerprint density at radius 2 is 1.83 bits per heavy atom. The number of nitrogens with zero attached hydrogens (tertiary/aromatic N) is 2. The van der Waals surface area contributed by atoms with Gasteiger partial charge in [0.2, 0.25) is 0 Å². The molecule has 1 aromatic carbocycles. The number of benzene rings is 1. The lowest BCUT2D eigenvalue weighted by atomic mass is 10.2. The van der Waals surface area contributed by atoms with E-state index in [0.29, 0.717) is 12.2 Å². The lowest BCUT2D eigenvalue weighted by Gasteiger charge is -2.20. The smallest absolute Gasteiger partial charge is 0.326 e. The molecule has 2 rings (SSSR count). The highest BCUT2D eigenvalue weighted by molar-refractivity contribution is 6.19. The van der Waals surface area contributed by atoms with E-state index in [4.69, 9.17) is 5.73 Å². The first-order valence-electron chi connectivity index (χ1n) is 5.97. The second-order valence-electron chi connectivity index (χ2n) is 4.60. The lowest BCUT2D eigenvalue weighted by molar-refractivity contribution is -0.116. The third-order valence-electron chi connectivity index (χ3n) is 3.05. The molecule has 1 fully saturated rings. The normalized spacial score (nSPS) is 16.0. The largest absolute Gasteiger partial charge is 0.332 e. The quantitative estimate of drug-likeness (QED) is 0.819. The van der Waals surface area contributed by atoms with Crippen molar-refractivity contribution in [3.05, 3.63) is 29.8 Å². The molecule has 0 spiro atoms. The highest BCUT2D eigenvalue weighted by Crippen LogP contribution is 2.22. The van der Waals surface area contributed by atoms with Crippen LogP contribution in [0.25, 0.3) is 0 Å². The summed E-state index contributed by atoms with van der Waals surface area (Å²) in [6.07, 6.45) is 0. The first-order valence-corrected chi connectivity index (χ1v) is 5.97. The van der Waals surface area contributed by atoms with Crippen LogP contribution >= 0.6 is 0 Å². The average Bonchev–Trinajstić information content (AvgIpc) is 2.65. The molecule has 1 saturated heterocycles. The molecule has 0 atom stereocenters. The Morgan fingerprint density at radius 3 is 2.28 bits per heavy atom. The number of nitrogens with two attached hydrogens (primary N) is 1. The predicted molar refractivity (Wildman–Crippen MR) is 69.1 cm³/mol. The van der Waals surface area contributed by atoms with E-state index in [1.54, 1.807) is 17.0 Å². The van der Waals surface area contributed by atoms with E-state index in [1.807, 2.05) is 26.0 Å². The fourth-order valence-corrected chi connectivity index (χ4v) is 1.96. The molecule has 0 unspecified atom stereocenters. The second kappa shape index (κ2) is 4.78. The summed E-state index contributed by atoms with van der Waals surface area (Å²) in [7, 11) is 0. The molecule has 5 nitrogen and oxygen atoms in total. The maximum Gasteiger partial charge on any atom is 0.332 e. The van der Waals surface area contributed by atoms with Crippen molar-refractivity contribution in [1.29, 1.82) is 0 Å². The van der Waals surface area contributed by atoms with Crippen LogP contribution in [-0.4, -0.2) is 29.4 Å². The molecule has 0 aromatic heterocycles. The molecule has 0 bridgehead atoms. The van der Waals surface area contributed by atoms with Gasteiger partial charge in [0, 0.05) is 12.6 Å². The first kappa shape index (κ1) is 12.6. The van der Waals surface area contributed by atoms with Gasteiger partial charge in [-0.05, 0) is 31.5 Å². The topological polar surface area (TPSA) is 66.6 Å². The van der Waals surface area contributed by atoms with Gasteiger partial charge in [0.1, 0.15) is 6.54 Å². The summed E-state index contributed by atoms with van der Waals surface area (Å²) in [5, 5.41) is 0.